The fourth-order valence-corrected chi connectivity index (χ4v) is 3.19. The first-order chi connectivity index (χ1) is 12.2. The van der Waals surface area contributed by atoms with Crippen molar-refractivity contribution in [2.24, 2.45) is 4.99 Å². The van der Waals surface area contributed by atoms with E-state index < -0.39 is 0 Å². The molecule has 1 saturated heterocycles. The summed E-state index contributed by atoms with van der Waals surface area (Å²) in [6.07, 6.45) is 6.17. The van der Waals surface area contributed by atoms with E-state index in [9.17, 15) is 0 Å². The molecule has 6 nitrogen and oxygen atoms in total. The minimum atomic E-state index is 0. The molecular weight excluding hydrogens is 439 g/mol. The number of para-hydroxylation sites is 1. The van der Waals surface area contributed by atoms with Crippen LogP contribution in [0.4, 0.5) is 5.69 Å². The molecule has 0 saturated carbocycles. The van der Waals surface area contributed by atoms with Gasteiger partial charge < -0.3 is 15.5 Å². The minimum Gasteiger partial charge on any atom is -0.371 e. The standard InChI is InChI=1S/C19H28N6.HI/c1-16-14-22-25(15-16)13-10-21-19(20-2)23-17-8-11-24(12-9-17)18-6-4-3-5-7-18;/h3-7,14-15,17H,8-13H2,1-2H3,(H2,20,21,23);1H. The molecule has 7 heteroatoms. The maximum atomic E-state index is 4.35. The van der Waals surface area contributed by atoms with Gasteiger partial charge in [0, 0.05) is 44.6 Å². The molecule has 1 aromatic heterocycles. The van der Waals surface area contributed by atoms with Gasteiger partial charge in [0.2, 0.25) is 0 Å². The molecule has 0 unspecified atom stereocenters. The second-order valence-electron chi connectivity index (χ2n) is 6.52. The Hall–Kier alpha value is -1.77. The molecule has 0 radical (unpaired) electrons. The third-order valence-corrected chi connectivity index (χ3v) is 4.58. The minimum absolute atomic E-state index is 0. The number of piperidine rings is 1. The number of guanidine groups is 1. The Bertz CT molecular complexity index is 676. The van der Waals surface area contributed by atoms with Gasteiger partial charge >= 0.3 is 0 Å². The summed E-state index contributed by atoms with van der Waals surface area (Å²) < 4.78 is 1.95. The van der Waals surface area contributed by atoms with Crippen molar-refractivity contribution in [1.29, 1.82) is 0 Å². The Balaban J connectivity index is 0.00000243. The van der Waals surface area contributed by atoms with Crippen LogP contribution in [0.5, 0.6) is 0 Å². The lowest BCUT2D eigenvalue weighted by atomic mass is 10.0. The van der Waals surface area contributed by atoms with Gasteiger partial charge in [0.05, 0.1) is 12.7 Å². The lowest BCUT2D eigenvalue weighted by Gasteiger charge is -2.34. The number of nitrogens with one attached hydrogen (secondary N) is 2. The van der Waals surface area contributed by atoms with Gasteiger partial charge in [-0.25, -0.2) is 0 Å². The van der Waals surface area contributed by atoms with E-state index in [1.165, 1.54) is 11.3 Å². The smallest absolute Gasteiger partial charge is 0.191 e. The Morgan fingerprint density at radius 2 is 1.96 bits per heavy atom. The number of aryl methyl sites for hydroxylation is 1. The highest BCUT2D eigenvalue weighted by Gasteiger charge is 2.20. The highest BCUT2D eigenvalue weighted by molar-refractivity contribution is 14.0. The van der Waals surface area contributed by atoms with E-state index >= 15 is 0 Å². The molecule has 1 aliphatic heterocycles. The summed E-state index contributed by atoms with van der Waals surface area (Å²) in [6, 6.07) is 11.1. The SMILES string of the molecule is CN=C(NCCn1cc(C)cn1)NC1CCN(c2ccccc2)CC1.I. The fraction of sp³-hybridized carbons (Fsp3) is 0.474. The van der Waals surface area contributed by atoms with Gasteiger partial charge in [0.15, 0.2) is 5.96 Å². The van der Waals surface area contributed by atoms with Gasteiger partial charge in [-0.3, -0.25) is 9.67 Å². The number of hydrogen-bond acceptors (Lipinski definition) is 3. The zero-order valence-corrected chi connectivity index (χ0v) is 17.9. The number of aromatic nitrogens is 2. The van der Waals surface area contributed by atoms with Crippen molar-refractivity contribution in [2.75, 3.05) is 31.6 Å². The van der Waals surface area contributed by atoms with E-state index in [0.29, 0.717) is 6.04 Å². The molecule has 1 aliphatic rings. The molecule has 26 heavy (non-hydrogen) atoms. The van der Waals surface area contributed by atoms with Crippen molar-refractivity contribution in [3.8, 4) is 0 Å². The van der Waals surface area contributed by atoms with Gasteiger partial charge in [-0.2, -0.15) is 5.10 Å². The second-order valence-corrected chi connectivity index (χ2v) is 6.52. The van der Waals surface area contributed by atoms with Crippen LogP contribution in [0.15, 0.2) is 47.7 Å². The predicted octanol–water partition coefficient (Wildman–Crippen LogP) is 2.64. The van der Waals surface area contributed by atoms with Crippen molar-refractivity contribution < 1.29 is 0 Å². The van der Waals surface area contributed by atoms with Crippen LogP contribution in [0.1, 0.15) is 18.4 Å². The zero-order valence-electron chi connectivity index (χ0n) is 15.6. The van der Waals surface area contributed by atoms with Gasteiger partial charge in [0.25, 0.3) is 0 Å². The van der Waals surface area contributed by atoms with Crippen LogP contribution in [-0.2, 0) is 6.54 Å². The Kier molecular flexibility index (Phi) is 8.21. The molecule has 142 valence electrons. The van der Waals surface area contributed by atoms with Crippen LogP contribution in [0.2, 0.25) is 0 Å². The Morgan fingerprint density at radius 1 is 1.23 bits per heavy atom. The summed E-state index contributed by atoms with van der Waals surface area (Å²) in [5.41, 5.74) is 2.51. The molecule has 2 heterocycles. The van der Waals surface area contributed by atoms with E-state index in [2.05, 4.69) is 69.1 Å². The molecule has 1 aromatic carbocycles. The van der Waals surface area contributed by atoms with Crippen molar-refractivity contribution in [1.82, 2.24) is 20.4 Å². The molecule has 1 fully saturated rings. The first-order valence-corrected chi connectivity index (χ1v) is 9.01. The van der Waals surface area contributed by atoms with E-state index in [1.807, 2.05) is 17.9 Å². The molecular formula is C19H29IN6. The number of rotatable bonds is 5. The number of benzene rings is 1. The van der Waals surface area contributed by atoms with Gasteiger partial charge in [0.1, 0.15) is 0 Å². The number of nitrogens with zero attached hydrogens (tertiary/aromatic N) is 4. The molecule has 0 atom stereocenters. The summed E-state index contributed by atoms with van der Waals surface area (Å²) >= 11 is 0. The second kappa shape index (κ2) is 10.4. The summed E-state index contributed by atoms with van der Waals surface area (Å²) in [5.74, 6) is 0.877. The van der Waals surface area contributed by atoms with Crippen LogP contribution in [0.25, 0.3) is 0 Å². The first-order valence-electron chi connectivity index (χ1n) is 9.01. The first kappa shape index (κ1) is 20.5. The Morgan fingerprint density at radius 3 is 2.58 bits per heavy atom. The maximum Gasteiger partial charge on any atom is 0.191 e. The third kappa shape index (κ3) is 5.89. The van der Waals surface area contributed by atoms with Crippen molar-refractivity contribution >= 4 is 35.6 Å². The van der Waals surface area contributed by atoms with Crippen LogP contribution >= 0.6 is 24.0 Å². The van der Waals surface area contributed by atoms with E-state index in [-0.39, 0.29) is 24.0 Å². The predicted molar refractivity (Wildman–Crippen MR) is 119 cm³/mol. The summed E-state index contributed by atoms with van der Waals surface area (Å²) in [6.45, 7) is 5.85. The number of aliphatic imine (C=N–C) groups is 1. The normalized spacial score (nSPS) is 15.5. The largest absolute Gasteiger partial charge is 0.371 e. The van der Waals surface area contributed by atoms with Gasteiger partial charge in [-0.1, -0.05) is 18.2 Å². The van der Waals surface area contributed by atoms with E-state index in [0.717, 1.165) is 45.0 Å². The topological polar surface area (TPSA) is 57.5 Å². The molecule has 2 N–H and O–H groups in total. The number of halogens is 1. The average Bonchev–Trinajstić information content (AvgIpc) is 3.07. The number of hydrogen-bond donors (Lipinski definition) is 2. The quantitative estimate of drug-likeness (QED) is 0.403. The number of anilines is 1. The van der Waals surface area contributed by atoms with Crippen LogP contribution < -0.4 is 15.5 Å². The highest BCUT2D eigenvalue weighted by atomic mass is 127. The molecule has 0 amide bonds. The lowest BCUT2D eigenvalue weighted by molar-refractivity contribution is 0.460. The maximum absolute atomic E-state index is 4.35. The highest BCUT2D eigenvalue weighted by Crippen LogP contribution is 2.19. The van der Waals surface area contributed by atoms with Crippen LogP contribution in [0, 0.1) is 6.92 Å². The monoisotopic (exact) mass is 468 g/mol. The van der Waals surface area contributed by atoms with Crippen LogP contribution in [0.3, 0.4) is 0 Å². The third-order valence-electron chi connectivity index (χ3n) is 4.58. The molecule has 3 rings (SSSR count). The Labute approximate surface area is 173 Å². The van der Waals surface area contributed by atoms with Gasteiger partial charge in [-0.05, 0) is 37.5 Å². The fourth-order valence-electron chi connectivity index (χ4n) is 3.19. The van der Waals surface area contributed by atoms with Gasteiger partial charge in [-0.15, -0.1) is 24.0 Å². The van der Waals surface area contributed by atoms with Crippen LogP contribution in [-0.4, -0.2) is 48.5 Å². The van der Waals surface area contributed by atoms with Crippen molar-refractivity contribution in [3.05, 3.63) is 48.3 Å². The summed E-state index contributed by atoms with van der Waals surface area (Å²) in [7, 11) is 1.83. The van der Waals surface area contributed by atoms with Crippen molar-refractivity contribution in [2.45, 2.75) is 32.4 Å². The van der Waals surface area contributed by atoms with E-state index in [4.69, 9.17) is 0 Å². The molecule has 2 aromatic rings. The zero-order chi connectivity index (χ0) is 17.5. The van der Waals surface area contributed by atoms with Crippen molar-refractivity contribution in [3.63, 3.8) is 0 Å². The molecule has 0 aliphatic carbocycles. The summed E-state index contributed by atoms with van der Waals surface area (Å²) in [5, 5.41) is 11.2. The lowest BCUT2D eigenvalue weighted by Crippen LogP contribution is -2.49. The average molecular weight is 468 g/mol. The molecule has 0 bridgehead atoms. The molecule has 0 spiro atoms. The summed E-state index contributed by atoms with van der Waals surface area (Å²) in [4.78, 5) is 6.80. The van der Waals surface area contributed by atoms with E-state index in [1.54, 1.807) is 0 Å².